The highest BCUT2D eigenvalue weighted by Gasteiger charge is 2.33. The number of carbonyl (C=O) groups excluding carboxylic acids is 2. The van der Waals surface area contributed by atoms with Gasteiger partial charge in [-0.05, 0) is 37.1 Å². The van der Waals surface area contributed by atoms with Gasteiger partial charge in [0.1, 0.15) is 5.75 Å². The number of rotatable bonds is 3. The van der Waals surface area contributed by atoms with Gasteiger partial charge in [-0.15, -0.1) is 0 Å². The van der Waals surface area contributed by atoms with Gasteiger partial charge in [-0.2, -0.15) is 0 Å². The molecule has 0 bridgehead atoms. The number of aliphatic hydroxyl groups excluding tert-OH is 1. The number of hydrogen-bond acceptors (Lipinski definition) is 4. The summed E-state index contributed by atoms with van der Waals surface area (Å²) in [5.41, 5.74) is 1.58. The third kappa shape index (κ3) is 2.05. The second-order valence-electron chi connectivity index (χ2n) is 4.34. The highest BCUT2D eigenvalue weighted by molar-refractivity contribution is 6.35. The van der Waals surface area contributed by atoms with Crippen LogP contribution in [0.5, 0.6) is 5.75 Å². The van der Waals surface area contributed by atoms with E-state index in [4.69, 9.17) is 4.74 Å². The molecule has 2 rings (SSSR count). The lowest BCUT2D eigenvalue weighted by atomic mass is 9.98. The molecule has 0 saturated heterocycles. The lowest BCUT2D eigenvalue weighted by molar-refractivity contribution is -0.115. The van der Waals surface area contributed by atoms with Crippen LogP contribution in [0, 0.1) is 0 Å². The van der Waals surface area contributed by atoms with Crippen LogP contribution in [0.3, 0.4) is 0 Å². The Morgan fingerprint density at radius 1 is 1.32 bits per heavy atom. The van der Waals surface area contributed by atoms with Gasteiger partial charge in [0.05, 0.1) is 12.7 Å². The van der Waals surface area contributed by atoms with Crippen molar-refractivity contribution in [2.45, 2.75) is 13.8 Å². The first kappa shape index (κ1) is 13.1. The topological polar surface area (TPSA) is 63.6 Å². The van der Waals surface area contributed by atoms with E-state index >= 15 is 0 Å². The normalized spacial score (nSPS) is 15.2. The zero-order chi connectivity index (χ0) is 14.2. The van der Waals surface area contributed by atoms with Gasteiger partial charge in [0.25, 0.3) is 0 Å². The van der Waals surface area contributed by atoms with Crippen molar-refractivity contribution in [3.8, 4) is 5.75 Å². The van der Waals surface area contributed by atoms with Gasteiger partial charge in [0.15, 0.2) is 11.5 Å². The van der Waals surface area contributed by atoms with Crippen molar-refractivity contribution >= 4 is 17.1 Å². The highest BCUT2D eigenvalue weighted by Crippen LogP contribution is 2.35. The molecule has 0 saturated carbocycles. The molecular formula is C15H14O4. The van der Waals surface area contributed by atoms with Crippen LogP contribution in [-0.2, 0) is 9.59 Å². The fraction of sp³-hybridized carbons (Fsp3) is 0.200. The first-order chi connectivity index (χ1) is 8.97. The number of allylic oxidation sites excluding steroid dienone is 3. The molecule has 0 radical (unpaired) electrons. The van der Waals surface area contributed by atoms with Crippen LogP contribution in [0.25, 0.3) is 5.57 Å². The minimum absolute atomic E-state index is 0.0998. The molecule has 4 nitrogen and oxygen atoms in total. The maximum atomic E-state index is 12.1. The van der Waals surface area contributed by atoms with E-state index in [1.807, 2.05) is 0 Å². The number of Topliss-reactive ketones (excluding diaryl/α,β-unsaturated/α-hetero) is 2. The van der Waals surface area contributed by atoms with Crippen molar-refractivity contribution in [3.05, 3.63) is 46.7 Å². The molecule has 98 valence electrons. The average molecular weight is 258 g/mol. The largest absolute Gasteiger partial charge is 0.504 e. The van der Waals surface area contributed by atoms with Gasteiger partial charge in [-0.1, -0.05) is 12.1 Å². The second-order valence-corrected chi connectivity index (χ2v) is 4.34. The smallest absolute Gasteiger partial charge is 0.228 e. The third-order valence-electron chi connectivity index (χ3n) is 3.14. The quantitative estimate of drug-likeness (QED) is 0.904. The molecule has 0 atom stereocenters. The Balaban J connectivity index is 2.58. The average Bonchev–Trinajstić information content (AvgIpc) is 2.60. The molecule has 1 aliphatic carbocycles. The predicted octanol–water partition coefficient (Wildman–Crippen LogP) is 2.45. The Hall–Kier alpha value is -2.36. The Kier molecular flexibility index (Phi) is 3.25. The molecule has 1 aromatic rings. The van der Waals surface area contributed by atoms with Gasteiger partial charge in [-0.3, -0.25) is 9.59 Å². The molecule has 4 heteroatoms. The number of methoxy groups -OCH3 is 1. The lowest BCUT2D eigenvalue weighted by Gasteiger charge is -2.06. The van der Waals surface area contributed by atoms with Gasteiger partial charge in [-0.25, -0.2) is 0 Å². The van der Waals surface area contributed by atoms with E-state index in [0.29, 0.717) is 22.5 Å². The maximum absolute atomic E-state index is 12.1. The summed E-state index contributed by atoms with van der Waals surface area (Å²) in [5, 5.41) is 9.79. The van der Waals surface area contributed by atoms with Crippen LogP contribution in [0.15, 0.2) is 41.2 Å². The van der Waals surface area contributed by atoms with Crippen LogP contribution >= 0.6 is 0 Å². The number of ether oxygens (including phenoxy) is 1. The van der Waals surface area contributed by atoms with E-state index in [-0.39, 0.29) is 11.4 Å². The maximum Gasteiger partial charge on any atom is 0.228 e. The third-order valence-corrected chi connectivity index (χ3v) is 3.14. The zero-order valence-electron chi connectivity index (χ0n) is 11.0. The minimum atomic E-state index is -0.518. The lowest BCUT2D eigenvalue weighted by Crippen LogP contribution is -2.03. The number of carbonyl (C=O) groups is 2. The van der Waals surface area contributed by atoms with E-state index in [1.165, 1.54) is 14.0 Å². The van der Waals surface area contributed by atoms with Crippen LogP contribution < -0.4 is 4.74 Å². The fourth-order valence-corrected chi connectivity index (χ4v) is 2.26. The van der Waals surface area contributed by atoms with Crippen molar-refractivity contribution in [1.82, 2.24) is 0 Å². The van der Waals surface area contributed by atoms with E-state index in [9.17, 15) is 14.7 Å². The Morgan fingerprint density at radius 2 is 2.00 bits per heavy atom. The summed E-state index contributed by atoms with van der Waals surface area (Å²) in [6.45, 7) is 2.99. The number of ketones is 2. The molecule has 0 fully saturated rings. The van der Waals surface area contributed by atoms with Gasteiger partial charge in [0, 0.05) is 5.57 Å². The molecule has 0 aliphatic heterocycles. The Morgan fingerprint density at radius 3 is 2.53 bits per heavy atom. The van der Waals surface area contributed by atoms with E-state index in [2.05, 4.69) is 0 Å². The standard InChI is InChI=1S/C15H14O4/c1-8-12(9(2)16)14(17)15(18)13(8)10-5-4-6-11(7-10)19-3/h4-7H,1-3H3,(H,17,18). The van der Waals surface area contributed by atoms with Gasteiger partial charge in [0.2, 0.25) is 5.78 Å². The van der Waals surface area contributed by atoms with E-state index in [0.717, 1.165) is 0 Å². The molecule has 0 aromatic heterocycles. The second kappa shape index (κ2) is 4.72. The summed E-state index contributed by atoms with van der Waals surface area (Å²) < 4.78 is 5.11. The molecule has 0 unspecified atom stereocenters. The molecule has 0 heterocycles. The van der Waals surface area contributed by atoms with Crippen LogP contribution in [0.1, 0.15) is 19.4 Å². The molecule has 1 aliphatic rings. The molecule has 0 spiro atoms. The van der Waals surface area contributed by atoms with Crippen LogP contribution in [0.4, 0.5) is 0 Å². The van der Waals surface area contributed by atoms with Gasteiger partial charge < -0.3 is 9.84 Å². The summed E-state index contributed by atoms with van der Waals surface area (Å²) in [6.07, 6.45) is 0. The van der Waals surface area contributed by atoms with Crippen molar-refractivity contribution < 1.29 is 19.4 Å². The molecule has 1 aromatic carbocycles. The summed E-state index contributed by atoms with van der Waals surface area (Å²) in [6, 6.07) is 6.96. The Labute approximate surface area is 111 Å². The monoisotopic (exact) mass is 258 g/mol. The molecular weight excluding hydrogens is 244 g/mol. The molecule has 1 N–H and O–H groups in total. The molecule has 0 amide bonds. The zero-order valence-corrected chi connectivity index (χ0v) is 11.0. The van der Waals surface area contributed by atoms with Crippen molar-refractivity contribution in [1.29, 1.82) is 0 Å². The van der Waals surface area contributed by atoms with E-state index in [1.54, 1.807) is 31.2 Å². The summed E-state index contributed by atoms with van der Waals surface area (Å²) in [5.74, 6) is -0.693. The summed E-state index contributed by atoms with van der Waals surface area (Å²) in [7, 11) is 1.54. The fourth-order valence-electron chi connectivity index (χ4n) is 2.26. The van der Waals surface area contributed by atoms with Crippen molar-refractivity contribution in [3.63, 3.8) is 0 Å². The predicted molar refractivity (Wildman–Crippen MR) is 70.9 cm³/mol. The highest BCUT2D eigenvalue weighted by atomic mass is 16.5. The van der Waals surface area contributed by atoms with Crippen molar-refractivity contribution in [2.75, 3.05) is 7.11 Å². The molecule has 19 heavy (non-hydrogen) atoms. The van der Waals surface area contributed by atoms with E-state index < -0.39 is 11.5 Å². The first-order valence-electron chi connectivity index (χ1n) is 5.82. The van der Waals surface area contributed by atoms with Crippen LogP contribution in [0.2, 0.25) is 0 Å². The Bertz CT molecular complexity index is 635. The van der Waals surface area contributed by atoms with Gasteiger partial charge >= 0.3 is 0 Å². The number of aliphatic hydroxyl groups is 1. The summed E-state index contributed by atoms with van der Waals surface area (Å²) in [4.78, 5) is 23.6. The van der Waals surface area contributed by atoms with Crippen LogP contribution in [-0.4, -0.2) is 23.8 Å². The first-order valence-corrected chi connectivity index (χ1v) is 5.82. The number of hydrogen-bond donors (Lipinski definition) is 1. The minimum Gasteiger partial charge on any atom is -0.504 e. The van der Waals surface area contributed by atoms with Crippen molar-refractivity contribution in [2.24, 2.45) is 0 Å². The number of benzene rings is 1. The SMILES string of the molecule is COc1cccc(C2=C(C)C(C(C)=O)=C(O)C2=O)c1. The summed E-state index contributed by atoms with van der Waals surface area (Å²) >= 11 is 0.